The highest BCUT2D eigenvalue weighted by Crippen LogP contribution is 2.32. The number of nitriles is 1. The number of carbonyl (C=O) groups excluding carboxylic acids is 1. The fourth-order valence-electron chi connectivity index (χ4n) is 3.28. The third-order valence-electron chi connectivity index (χ3n) is 5.05. The first-order valence-electron chi connectivity index (χ1n) is 9.88. The summed E-state index contributed by atoms with van der Waals surface area (Å²) in [5, 5.41) is 13.8. The molecule has 6 N–H and O–H groups in total. The number of benzene rings is 2. The van der Waals surface area contributed by atoms with Crippen LogP contribution in [-0.4, -0.2) is 29.5 Å². The number of hydrazone groups is 1. The van der Waals surface area contributed by atoms with Gasteiger partial charge in [-0.15, -0.1) is 0 Å². The highest BCUT2D eigenvalue weighted by Gasteiger charge is 2.20. The zero-order chi connectivity index (χ0) is 24.0. The number of amides is 1. The third kappa shape index (κ3) is 5.06. The minimum absolute atomic E-state index is 0.212. The number of thioether (sulfide) groups is 1. The van der Waals surface area contributed by atoms with Crippen molar-refractivity contribution in [3.63, 3.8) is 0 Å². The molecule has 0 unspecified atom stereocenters. The molecule has 10 heteroatoms. The number of para-hydroxylation sites is 1. The highest BCUT2D eigenvalue weighted by atomic mass is 32.2. The van der Waals surface area contributed by atoms with E-state index in [4.69, 9.17) is 11.7 Å². The minimum Gasteiger partial charge on any atom is -0.322 e. The Labute approximate surface area is 195 Å². The molecule has 0 saturated heterocycles. The Morgan fingerprint density at radius 1 is 1.24 bits per heavy atom. The number of hydrogen-bond donors (Lipinski definition) is 4. The summed E-state index contributed by atoms with van der Waals surface area (Å²) in [6.45, 7) is 1.64. The number of hydrazine groups is 1. The molecule has 3 rings (SSSR count). The van der Waals surface area contributed by atoms with Crippen molar-refractivity contribution in [3.8, 4) is 17.2 Å². The van der Waals surface area contributed by atoms with E-state index >= 15 is 0 Å². The molecule has 9 nitrogen and oxygen atoms in total. The standard InChI is InChI=1S/C23H23N7O2S/c1-14-20(18(12-24)22(27-21(14)31)33-13-19(28-25)29-26)15-7-6-8-16(11-15)23(32)30(2)17-9-4-3-5-10-17/h3-11H,13,25-26H2,1-2H3,(H,27,31)(H,28,29). The van der Waals surface area contributed by atoms with Gasteiger partial charge in [0, 0.05) is 29.4 Å². The maximum absolute atomic E-state index is 13.1. The maximum atomic E-state index is 13.1. The predicted octanol–water partition coefficient (Wildman–Crippen LogP) is 2.33. The molecule has 0 atom stereocenters. The predicted molar refractivity (Wildman–Crippen MR) is 131 cm³/mol. The van der Waals surface area contributed by atoms with E-state index in [1.54, 1.807) is 43.1 Å². The van der Waals surface area contributed by atoms with Crippen LogP contribution in [0.2, 0.25) is 0 Å². The molecule has 0 fully saturated rings. The van der Waals surface area contributed by atoms with Gasteiger partial charge in [-0.3, -0.25) is 9.59 Å². The molecule has 33 heavy (non-hydrogen) atoms. The van der Waals surface area contributed by atoms with Gasteiger partial charge in [0.15, 0.2) is 0 Å². The molecule has 0 aliphatic carbocycles. The summed E-state index contributed by atoms with van der Waals surface area (Å²) in [6.07, 6.45) is 0. The maximum Gasteiger partial charge on any atom is 0.258 e. The topological polar surface area (TPSA) is 153 Å². The second-order valence-electron chi connectivity index (χ2n) is 7.06. The van der Waals surface area contributed by atoms with Gasteiger partial charge < -0.3 is 21.2 Å². The van der Waals surface area contributed by atoms with E-state index in [0.29, 0.717) is 33.1 Å². The molecule has 1 aromatic heterocycles. The molecule has 0 saturated carbocycles. The summed E-state index contributed by atoms with van der Waals surface area (Å²) in [5.41, 5.74) is 4.93. The van der Waals surface area contributed by atoms with E-state index in [1.807, 2.05) is 30.3 Å². The van der Waals surface area contributed by atoms with Crippen molar-refractivity contribution in [1.29, 1.82) is 5.26 Å². The minimum atomic E-state index is -0.337. The Bertz CT molecular complexity index is 1300. The van der Waals surface area contributed by atoms with Crippen LogP contribution in [0.25, 0.3) is 11.1 Å². The van der Waals surface area contributed by atoms with Gasteiger partial charge in [0.2, 0.25) is 0 Å². The van der Waals surface area contributed by atoms with Crippen LogP contribution in [0.4, 0.5) is 5.69 Å². The van der Waals surface area contributed by atoms with E-state index in [2.05, 4.69) is 21.6 Å². The van der Waals surface area contributed by atoms with Gasteiger partial charge in [-0.1, -0.05) is 42.1 Å². The number of nitrogens with one attached hydrogen (secondary N) is 2. The van der Waals surface area contributed by atoms with Crippen molar-refractivity contribution in [2.24, 2.45) is 16.8 Å². The lowest BCUT2D eigenvalue weighted by Crippen LogP contribution is -2.33. The van der Waals surface area contributed by atoms with Crippen molar-refractivity contribution in [3.05, 3.63) is 81.6 Å². The molecule has 3 aromatic rings. The SMILES string of the molecule is Cc1c(-c2cccc(C(=O)N(C)c3ccccc3)c2)c(C#N)c(SC/C(=N/N)NN)[nH]c1=O. The van der Waals surface area contributed by atoms with Gasteiger partial charge in [0.1, 0.15) is 11.9 Å². The lowest BCUT2D eigenvalue weighted by molar-refractivity contribution is 0.0993. The first kappa shape index (κ1) is 23.6. The number of nitrogens with zero attached hydrogens (tertiary/aromatic N) is 3. The number of anilines is 1. The van der Waals surface area contributed by atoms with Crippen molar-refractivity contribution in [2.45, 2.75) is 11.9 Å². The number of pyridine rings is 1. The molecule has 2 aromatic carbocycles. The van der Waals surface area contributed by atoms with Gasteiger partial charge in [-0.25, -0.2) is 5.84 Å². The zero-order valence-electron chi connectivity index (χ0n) is 18.1. The summed E-state index contributed by atoms with van der Waals surface area (Å²) in [6, 6.07) is 18.3. The second kappa shape index (κ2) is 10.5. The number of H-pyrrole nitrogens is 1. The Morgan fingerprint density at radius 2 is 1.97 bits per heavy atom. The van der Waals surface area contributed by atoms with E-state index in [-0.39, 0.29) is 22.8 Å². The molecule has 1 amide bonds. The van der Waals surface area contributed by atoms with Crippen LogP contribution in [0.5, 0.6) is 0 Å². The number of hydrogen-bond acceptors (Lipinski definition) is 7. The fraction of sp³-hybridized carbons (Fsp3) is 0.130. The monoisotopic (exact) mass is 461 g/mol. The molecule has 1 heterocycles. The molecule has 0 bridgehead atoms. The summed E-state index contributed by atoms with van der Waals surface area (Å²) >= 11 is 1.17. The summed E-state index contributed by atoms with van der Waals surface area (Å²) in [4.78, 5) is 30.0. The molecule has 0 aliphatic heterocycles. The number of aromatic nitrogens is 1. The normalized spacial score (nSPS) is 11.0. The number of aromatic amines is 1. The smallest absolute Gasteiger partial charge is 0.258 e. The summed E-state index contributed by atoms with van der Waals surface area (Å²) < 4.78 is 0. The average molecular weight is 462 g/mol. The number of rotatable bonds is 6. The van der Waals surface area contributed by atoms with Crippen LogP contribution in [0.1, 0.15) is 21.5 Å². The molecule has 0 aliphatic rings. The van der Waals surface area contributed by atoms with Gasteiger partial charge >= 0.3 is 0 Å². The van der Waals surface area contributed by atoms with E-state index in [1.165, 1.54) is 11.8 Å². The number of nitrogens with two attached hydrogens (primary N) is 2. The van der Waals surface area contributed by atoms with E-state index in [0.717, 1.165) is 5.69 Å². The zero-order valence-corrected chi connectivity index (χ0v) is 18.9. The molecule has 0 radical (unpaired) electrons. The number of amidine groups is 1. The van der Waals surface area contributed by atoms with Gasteiger partial charge in [-0.2, -0.15) is 10.4 Å². The molecule has 168 valence electrons. The van der Waals surface area contributed by atoms with E-state index < -0.39 is 0 Å². The van der Waals surface area contributed by atoms with Crippen molar-refractivity contribution in [2.75, 3.05) is 17.7 Å². The van der Waals surface area contributed by atoms with Gasteiger partial charge in [-0.05, 0) is 36.8 Å². The third-order valence-corrected chi connectivity index (χ3v) is 6.07. The van der Waals surface area contributed by atoms with Crippen LogP contribution in [-0.2, 0) is 0 Å². The fourth-order valence-corrected chi connectivity index (χ4v) is 4.17. The van der Waals surface area contributed by atoms with Gasteiger partial charge in [0.05, 0.1) is 16.3 Å². The Balaban J connectivity index is 2.05. The largest absolute Gasteiger partial charge is 0.322 e. The highest BCUT2D eigenvalue weighted by molar-refractivity contribution is 8.00. The Kier molecular flexibility index (Phi) is 7.50. The first-order chi connectivity index (χ1) is 15.9. The van der Waals surface area contributed by atoms with Crippen LogP contribution in [0, 0.1) is 18.3 Å². The molecular formula is C23H23N7O2S. The first-order valence-corrected chi connectivity index (χ1v) is 10.9. The van der Waals surface area contributed by atoms with Crippen LogP contribution in [0.3, 0.4) is 0 Å². The van der Waals surface area contributed by atoms with Crippen molar-refractivity contribution < 1.29 is 4.79 Å². The molecular weight excluding hydrogens is 438 g/mol. The Hall–Kier alpha value is -4.07. The van der Waals surface area contributed by atoms with Crippen molar-refractivity contribution >= 4 is 29.2 Å². The van der Waals surface area contributed by atoms with Crippen LogP contribution < -0.4 is 27.6 Å². The average Bonchev–Trinajstić information content (AvgIpc) is 2.86. The second-order valence-corrected chi connectivity index (χ2v) is 8.04. The Morgan fingerprint density at radius 3 is 2.61 bits per heavy atom. The lowest BCUT2D eigenvalue weighted by atomic mass is 9.96. The van der Waals surface area contributed by atoms with E-state index in [9.17, 15) is 14.9 Å². The summed E-state index contributed by atoms with van der Waals surface area (Å²) in [5.74, 6) is 10.9. The lowest BCUT2D eigenvalue weighted by Gasteiger charge is -2.18. The molecule has 0 spiro atoms. The number of carbonyl (C=O) groups is 1. The summed E-state index contributed by atoms with van der Waals surface area (Å²) in [7, 11) is 1.69. The van der Waals surface area contributed by atoms with Crippen LogP contribution >= 0.6 is 11.8 Å². The van der Waals surface area contributed by atoms with Crippen molar-refractivity contribution in [1.82, 2.24) is 10.4 Å². The quantitative estimate of drug-likeness (QED) is 0.144. The van der Waals surface area contributed by atoms with Crippen LogP contribution in [0.15, 0.2) is 69.5 Å². The van der Waals surface area contributed by atoms with Gasteiger partial charge in [0.25, 0.3) is 11.5 Å².